The fraction of sp³-hybridized carbons (Fsp3) is 0.379. The highest BCUT2D eigenvalue weighted by Gasteiger charge is 2.23. The molecule has 2 N–H and O–H groups in total. The van der Waals surface area contributed by atoms with Crippen molar-refractivity contribution >= 4 is 11.9 Å². The minimum Gasteiger partial charge on any atom is -0.491 e. The van der Waals surface area contributed by atoms with Gasteiger partial charge in [0.05, 0.1) is 6.61 Å². The predicted molar refractivity (Wildman–Crippen MR) is 140 cm³/mol. The van der Waals surface area contributed by atoms with E-state index in [9.17, 15) is 19.8 Å². The molecular weight excluding hydrogens is 476 g/mol. The van der Waals surface area contributed by atoms with Crippen molar-refractivity contribution in [3.63, 3.8) is 0 Å². The lowest BCUT2D eigenvalue weighted by Crippen LogP contribution is -2.28. The summed E-state index contributed by atoms with van der Waals surface area (Å²) in [6, 6.07) is 15.1. The number of hydrogen-bond donors (Lipinski definition) is 2. The number of aliphatic hydroxyl groups excluding tert-OH is 2. The molecule has 0 aliphatic heterocycles. The molecule has 2 atom stereocenters. The quantitative estimate of drug-likeness (QED) is 0.291. The molecule has 0 saturated carbocycles. The zero-order valence-electron chi connectivity index (χ0n) is 21.9. The van der Waals surface area contributed by atoms with Gasteiger partial charge in [-0.1, -0.05) is 51.3 Å². The Morgan fingerprint density at radius 1 is 0.811 bits per heavy atom. The second-order valence-corrected chi connectivity index (χ2v) is 9.32. The molecule has 0 aliphatic rings. The van der Waals surface area contributed by atoms with Crippen LogP contribution in [0.3, 0.4) is 0 Å². The van der Waals surface area contributed by atoms with Crippen molar-refractivity contribution in [2.75, 3.05) is 26.4 Å². The van der Waals surface area contributed by atoms with Crippen molar-refractivity contribution in [1.82, 2.24) is 0 Å². The van der Waals surface area contributed by atoms with Gasteiger partial charge in [-0.05, 0) is 49.2 Å². The summed E-state index contributed by atoms with van der Waals surface area (Å²) < 4.78 is 21.3. The van der Waals surface area contributed by atoms with E-state index in [1.54, 1.807) is 0 Å². The Hall–Kier alpha value is -3.62. The normalized spacial score (nSPS) is 12.7. The molecule has 0 amide bonds. The number of ether oxygens (including phenoxy) is 4. The molecule has 8 nitrogen and oxygen atoms in total. The van der Waals surface area contributed by atoms with E-state index in [4.69, 9.17) is 18.9 Å². The number of carbonyl (C=O) groups excluding carboxylic acids is 2. The Bertz CT molecular complexity index is 1070. The summed E-state index contributed by atoms with van der Waals surface area (Å²) in [5.74, 6) is 0.0418. The van der Waals surface area contributed by atoms with E-state index in [-0.39, 0.29) is 43.0 Å². The maximum atomic E-state index is 11.6. The zero-order valence-corrected chi connectivity index (χ0v) is 21.9. The number of carbonyl (C=O) groups is 2. The van der Waals surface area contributed by atoms with Crippen molar-refractivity contribution in [2.24, 2.45) is 0 Å². The van der Waals surface area contributed by atoms with Gasteiger partial charge in [0.2, 0.25) is 0 Å². The van der Waals surface area contributed by atoms with Crippen molar-refractivity contribution in [2.45, 2.75) is 45.3 Å². The van der Waals surface area contributed by atoms with Crippen LogP contribution in [-0.2, 0) is 24.5 Å². The molecule has 200 valence electrons. The van der Waals surface area contributed by atoms with Crippen LogP contribution in [0.2, 0.25) is 0 Å². The summed E-state index contributed by atoms with van der Waals surface area (Å²) in [4.78, 5) is 23.1. The third-order valence-electron chi connectivity index (χ3n) is 5.61. The molecule has 0 bridgehead atoms. The van der Waals surface area contributed by atoms with E-state index >= 15 is 0 Å². The number of esters is 2. The van der Waals surface area contributed by atoms with E-state index < -0.39 is 24.1 Å². The van der Waals surface area contributed by atoms with E-state index in [0.29, 0.717) is 11.5 Å². The van der Waals surface area contributed by atoms with Crippen molar-refractivity contribution in [1.29, 1.82) is 0 Å². The van der Waals surface area contributed by atoms with Crippen LogP contribution in [0.25, 0.3) is 0 Å². The summed E-state index contributed by atoms with van der Waals surface area (Å²) in [7, 11) is 0. The Kier molecular flexibility index (Phi) is 10.9. The lowest BCUT2D eigenvalue weighted by atomic mass is 9.78. The van der Waals surface area contributed by atoms with Gasteiger partial charge in [0.25, 0.3) is 0 Å². The van der Waals surface area contributed by atoms with Crippen LogP contribution in [0.4, 0.5) is 0 Å². The first kappa shape index (κ1) is 29.6. The summed E-state index contributed by atoms with van der Waals surface area (Å²) >= 11 is 0. The smallest absolute Gasteiger partial charge is 0.333 e. The van der Waals surface area contributed by atoms with Gasteiger partial charge in [-0.3, -0.25) is 0 Å². The summed E-state index contributed by atoms with van der Waals surface area (Å²) in [6.45, 7) is 13.8. The fourth-order valence-electron chi connectivity index (χ4n) is 3.20. The Morgan fingerprint density at radius 3 is 1.70 bits per heavy atom. The van der Waals surface area contributed by atoms with Crippen molar-refractivity contribution in [3.8, 4) is 11.5 Å². The van der Waals surface area contributed by atoms with Gasteiger partial charge in [-0.15, -0.1) is 0 Å². The second-order valence-electron chi connectivity index (χ2n) is 9.32. The van der Waals surface area contributed by atoms with E-state index in [2.05, 4.69) is 27.0 Å². The predicted octanol–water partition coefficient (Wildman–Crippen LogP) is 3.73. The second kappa shape index (κ2) is 13.6. The zero-order chi connectivity index (χ0) is 27.6. The molecule has 0 aliphatic carbocycles. The molecule has 0 spiro atoms. The molecule has 2 unspecified atom stereocenters. The minimum absolute atomic E-state index is 0.0167. The minimum atomic E-state index is -0.953. The van der Waals surface area contributed by atoms with Crippen LogP contribution in [0.1, 0.15) is 38.8 Å². The molecule has 0 radical (unpaired) electrons. The monoisotopic (exact) mass is 512 g/mol. The first-order valence-electron chi connectivity index (χ1n) is 11.9. The number of rotatable bonds is 14. The maximum Gasteiger partial charge on any atom is 0.333 e. The average molecular weight is 513 g/mol. The third-order valence-corrected chi connectivity index (χ3v) is 5.61. The number of hydrogen-bond acceptors (Lipinski definition) is 8. The Labute approximate surface area is 218 Å². The Morgan fingerprint density at radius 2 is 1.27 bits per heavy atom. The molecule has 2 aromatic rings. The van der Waals surface area contributed by atoms with Gasteiger partial charge < -0.3 is 29.2 Å². The molecular formula is C29H36O8. The van der Waals surface area contributed by atoms with Gasteiger partial charge in [0, 0.05) is 16.6 Å². The molecule has 8 heteroatoms. The van der Waals surface area contributed by atoms with Gasteiger partial charge in [0.15, 0.2) is 6.10 Å². The van der Waals surface area contributed by atoms with Crippen molar-refractivity contribution in [3.05, 3.63) is 84.0 Å². The molecule has 0 fully saturated rings. The van der Waals surface area contributed by atoms with Gasteiger partial charge in [0.1, 0.15) is 37.4 Å². The van der Waals surface area contributed by atoms with Crippen LogP contribution in [0, 0.1) is 0 Å². The van der Waals surface area contributed by atoms with Crippen LogP contribution in [-0.4, -0.2) is 60.8 Å². The van der Waals surface area contributed by atoms with Crippen LogP contribution in [0.15, 0.2) is 72.8 Å². The maximum absolute atomic E-state index is 11.6. The summed E-state index contributed by atoms with van der Waals surface area (Å²) in [6.07, 6.45) is -1.74. The van der Waals surface area contributed by atoms with Crippen LogP contribution < -0.4 is 9.47 Å². The Balaban J connectivity index is 1.93. The average Bonchev–Trinajstić information content (AvgIpc) is 2.88. The van der Waals surface area contributed by atoms with Crippen molar-refractivity contribution < 1.29 is 38.7 Å². The number of aliphatic hydroxyl groups is 2. The van der Waals surface area contributed by atoms with Gasteiger partial charge in [-0.2, -0.15) is 0 Å². The first-order chi connectivity index (χ1) is 17.4. The van der Waals surface area contributed by atoms with Gasteiger partial charge in [-0.25, -0.2) is 9.59 Å². The van der Waals surface area contributed by atoms with Gasteiger partial charge >= 0.3 is 11.9 Å². The topological polar surface area (TPSA) is 112 Å². The van der Waals surface area contributed by atoms with E-state index in [0.717, 1.165) is 11.1 Å². The van der Waals surface area contributed by atoms with Crippen LogP contribution in [0.5, 0.6) is 11.5 Å². The van der Waals surface area contributed by atoms with Crippen LogP contribution >= 0.6 is 0 Å². The SMILES string of the molecule is C=C(C)C(=O)OCC(O)COc1ccc(C(C)(C)c2ccc(OCC(CO)OC(=O)C(=C)C)cc2)cc1. The molecule has 2 aromatic carbocycles. The highest BCUT2D eigenvalue weighted by molar-refractivity contribution is 5.87. The highest BCUT2D eigenvalue weighted by atomic mass is 16.6. The lowest BCUT2D eigenvalue weighted by molar-refractivity contribution is -0.148. The summed E-state index contributed by atoms with van der Waals surface area (Å²) in [5.41, 5.74) is 2.30. The van der Waals surface area contributed by atoms with E-state index in [1.807, 2.05) is 48.5 Å². The largest absolute Gasteiger partial charge is 0.491 e. The lowest BCUT2D eigenvalue weighted by Gasteiger charge is -2.26. The summed E-state index contributed by atoms with van der Waals surface area (Å²) in [5, 5.41) is 19.4. The van der Waals surface area contributed by atoms with E-state index in [1.165, 1.54) is 13.8 Å². The fourth-order valence-corrected chi connectivity index (χ4v) is 3.20. The molecule has 0 aromatic heterocycles. The molecule has 37 heavy (non-hydrogen) atoms. The number of benzene rings is 2. The third kappa shape index (κ3) is 9.08. The standard InChI is InChI=1S/C29H36O8/c1-19(2)27(32)36-17-23(31)16-34-24-11-7-21(8-12-24)29(5,6)22-9-13-25(14-10-22)35-18-26(15-30)37-28(33)20(3)4/h7-14,23,26,30-31H,1,3,15-18H2,2,4-6H3. The molecule has 0 heterocycles. The molecule has 2 rings (SSSR count). The first-order valence-corrected chi connectivity index (χ1v) is 11.9. The highest BCUT2D eigenvalue weighted by Crippen LogP contribution is 2.33. The molecule has 0 saturated heterocycles.